The molecule has 0 saturated carbocycles. The van der Waals surface area contributed by atoms with Gasteiger partial charge in [-0.15, -0.1) is 0 Å². The van der Waals surface area contributed by atoms with E-state index in [2.05, 4.69) is 6.92 Å². The molecule has 2 aliphatic rings. The van der Waals surface area contributed by atoms with Gasteiger partial charge in [0.05, 0.1) is 46.8 Å². The van der Waals surface area contributed by atoms with Crippen molar-refractivity contribution in [3.8, 4) is 45.6 Å². The maximum absolute atomic E-state index is 11.1. The van der Waals surface area contributed by atoms with Crippen LogP contribution in [0.3, 0.4) is 0 Å². The molecule has 8 nitrogen and oxygen atoms in total. The summed E-state index contributed by atoms with van der Waals surface area (Å²) >= 11 is 0. The van der Waals surface area contributed by atoms with Gasteiger partial charge in [-0.3, -0.25) is 0 Å². The van der Waals surface area contributed by atoms with Crippen molar-refractivity contribution in [1.82, 2.24) is 0 Å². The molecule has 38 heavy (non-hydrogen) atoms. The van der Waals surface area contributed by atoms with E-state index in [0.717, 1.165) is 29.5 Å². The molecule has 0 radical (unpaired) electrons. The molecule has 2 fully saturated rings. The fraction of sp³-hybridized carbons (Fsp3) is 0.400. The number of benzene rings is 3. The Bertz CT molecular complexity index is 1320. The number of aromatic hydroxyl groups is 3. The Balaban J connectivity index is 1.52. The third-order valence-corrected chi connectivity index (χ3v) is 7.63. The van der Waals surface area contributed by atoms with E-state index in [9.17, 15) is 15.3 Å². The van der Waals surface area contributed by atoms with Crippen molar-refractivity contribution in [2.45, 2.75) is 32.0 Å². The molecule has 3 aromatic carbocycles. The van der Waals surface area contributed by atoms with E-state index in [4.69, 9.17) is 23.7 Å². The Morgan fingerprint density at radius 2 is 1.26 bits per heavy atom. The standard InChI is InChI=1S/C30H34O8/c1-5-6-16-9-19(27(32)25(10-16)35-3)20-11-18(13-26(36-4)28(20)33)30-22-15-37-29(21(22)14-38-30)17-7-8-23(31)24(12-17)34-2/h7-13,21-22,29-33H,5-6,14-15H2,1-4H3. The van der Waals surface area contributed by atoms with E-state index >= 15 is 0 Å². The number of fused-ring (bicyclic) bond motifs is 1. The minimum absolute atomic E-state index is 0.0439. The van der Waals surface area contributed by atoms with Crippen LogP contribution in [0.15, 0.2) is 42.5 Å². The first-order valence-corrected chi connectivity index (χ1v) is 12.8. The number of aryl methyl sites for hydroxylation is 1. The first-order valence-electron chi connectivity index (χ1n) is 12.8. The van der Waals surface area contributed by atoms with Crippen molar-refractivity contribution < 1.29 is 39.0 Å². The summed E-state index contributed by atoms with van der Waals surface area (Å²) in [5, 5.41) is 32.1. The molecular weight excluding hydrogens is 488 g/mol. The molecule has 4 unspecified atom stereocenters. The molecule has 3 N–H and O–H groups in total. The molecule has 4 atom stereocenters. The van der Waals surface area contributed by atoms with E-state index in [1.54, 1.807) is 18.2 Å². The lowest BCUT2D eigenvalue weighted by Crippen LogP contribution is -2.14. The zero-order chi connectivity index (χ0) is 27.0. The van der Waals surface area contributed by atoms with Crippen LogP contribution in [-0.4, -0.2) is 49.9 Å². The van der Waals surface area contributed by atoms with Gasteiger partial charge in [0.15, 0.2) is 34.5 Å². The van der Waals surface area contributed by atoms with Gasteiger partial charge in [-0.05, 0) is 59.5 Å². The molecule has 8 heteroatoms. The summed E-state index contributed by atoms with van der Waals surface area (Å²) in [6, 6.07) is 12.6. The van der Waals surface area contributed by atoms with Gasteiger partial charge in [0, 0.05) is 23.0 Å². The maximum atomic E-state index is 11.1. The van der Waals surface area contributed by atoms with Gasteiger partial charge >= 0.3 is 0 Å². The average molecular weight is 523 g/mol. The molecule has 202 valence electrons. The fourth-order valence-electron chi connectivity index (χ4n) is 5.72. The van der Waals surface area contributed by atoms with Gasteiger partial charge in [0.25, 0.3) is 0 Å². The average Bonchev–Trinajstić information content (AvgIpc) is 3.53. The largest absolute Gasteiger partial charge is 0.504 e. The molecule has 5 rings (SSSR count). The molecule has 0 aliphatic carbocycles. The smallest absolute Gasteiger partial charge is 0.165 e. The number of rotatable bonds is 8. The number of phenols is 3. The maximum Gasteiger partial charge on any atom is 0.165 e. The zero-order valence-electron chi connectivity index (χ0n) is 22.1. The molecule has 3 aromatic rings. The van der Waals surface area contributed by atoms with Crippen LogP contribution in [0.2, 0.25) is 0 Å². The fourth-order valence-corrected chi connectivity index (χ4v) is 5.72. The van der Waals surface area contributed by atoms with Crippen LogP contribution in [0.25, 0.3) is 11.1 Å². The van der Waals surface area contributed by atoms with E-state index in [1.807, 2.05) is 24.3 Å². The SMILES string of the molecule is CCCc1cc(OC)c(O)c(-c2cc(C3OCC4C(c5ccc(O)c(OC)c5)OCC34)cc(OC)c2O)c1. The highest BCUT2D eigenvalue weighted by molar-refractivity contribution is 5.81. The molecular formula is C30H34O8. The summed E-state index contributed by atoms with van der Waals surface area (Å²) < 4.78 is 28.8. The van der Waals surface area contributed by atoms with Gasteiger partial charge in [0.1, 0.15) is 0 Å². The van der Waals surface area contributed by atoms with Gasteiger partial charge in [-0.2, -0.15) is 0 Å². The van der Waals surface area contributed by atoms with Crippen molar-refractivity contribution in [2.24, 2.45) is 11.8 Å². The van der Waals surface area contributed by atoms with Gasteiger partial charge < -0.3 is 39.0 Å². The van der Waals surface area contributed by atoms with Crippen LogP contribution in [0.4, 0.5) is 0 Å². The lowest BCUT2D eigenvalue weighted by Gasteiger charge is -2.21. The van der Waals surface area contributed by atoms with Crippen molar-refractivity contribution in [2.75, 3.05) is 34.5 Å². The van der Waals surface area contributed by atoms with Crippen LogP contribution in [0.1, 0.15) is 42.2 Å². The van der Waals surface area contributed by atoms with Crippen molar-refractivity contribution >= 4 is 0 Å². The third-order valence-electron chi connectivity index (χ3n) is 7.63. The van der Waals surface area contributed by atoms with Gasteiger partial charge in [-0.25, -0.2) is 0 Å². The van der Waals surface area contributed by atoms with Crippen LogP contribution in [0.5, 0.6) is 34.5 Å². The second-order valence-electron chi connectivity index (χ2n) is 9.83. The van der Waals surface area contributed by atoms with Gasteiger partial charge in [0.2, 0.25) is 0 Å². The van der Waals surface area contributed by atoms with Crippen LogP contribution in [-0.2, 0) is 15.9 Å². The summed E-state index contributed by atoms with van der Waals surface area (Å²) in [6.07, 6.45) is 1.24. The Morgan fingerprint density at radius 3 is 1.87 bits per heavy atom. The number of hydrogen-bond acceptors (Lipinski definition) is 8. The van der Waals surface area contributed by atoms with Crippen LogP contribution in [0, 0.1) is 11.8 Å². The Kier molecular flexibility index (Phi) is 7.27. The van der Waals surface area contributed by atoms with Crippen LogP contribution < -0.4 is 14.2 Å². The number of hydrogen-bond donors (Lipinski definition) is 3. The Labute approximate surface area is 222 Å². The molecule has 0 bridgehead atoms. The molecule has 2 heterocycles. The summed E-state index contributed by atoms with van der Waals surface area (Å²) in [6.45, 7) is 3.07. The van der Waals surface area contributed by atoms with E-state index in [0.29, 0.717) is 41.6 Å². The van der Waals surface area contributed by atoms with E-state index < -0.39 is 0 Å². The summed E-state index contributed by atoms with van der Waals surface area (Å²) in [5.74, 6) is 1.18. The lowest BCUT2D eigenvalue weighted by atomic mass is 9.84. The zero-order valence-corrected chi connectivity index (χ0v) is 22.1. The monoisotopic (exact) mass is 522 g/mol. The lowest BCUT2D eigenvalue weighted by molar-refractivity contribution is 0.0191. The molecule has 2 aliphatic heterocycles. The molecule has 0 aromatic heterocycles. The minimum Gasteiger partial charge on any atom is -0.504 e. The van der Waals surface area contributed by atoms with Crippen molar-refractivity contribution in [3.05, 3.63) is 59.2 Å². The number of phenolic OH excluding ortho intramolecular Hbond substituents is 3. The number of ether oxygens (including phenoxy) is 5. The predicted molar refractivity (Wildman–Crippen MR) is 141 cm³/mol. The number of methoxy groups -OCH3 is 3. The van der Waals surface area contributed by atoms with E-state index in [1.165, 1.54) is 21.3 Å². The van der Waals surface area contributed by atoms with Crippen molar-refractivity contribution in [1.29, 1.82) is 0 Å². The van der Waals surface area contributed by atoms with Crippen molar-refractivity contribution in [3.63, 3.8) is 0 Å². The normalized spacial score (nSPS) is 22.3. The topological polar surface area (TPSA) is 107 Å². The minimum atomic E-state index is -0.292. The Morgan fingerprint density at radius 1 is 0.711 bits per heavy atom. The second kappa shape index (κ2) is 10.6. The highest BCUT2D eigenvalue weighted by Crippen LogP contribution is 2.53. The summed E-state index contributed by atoms with van der Waals surface area (Å²) in [7, 11) is 4.53. The highest BCUT2D eigenvalue weighted by atomic mass is 16.5. The molecule has 0 spiro atoms. The summed E-state index contributed by atoms with van der Waals surface area (Å²) in [4.78, 5) is 0. The first-order chi connectivity index (χ1) is 18.4. The highest BCUT2D eigenvalue weighted by Gasteiger charge is 2.48. The van der Waals surface area contributed by atoms with E-state index in [-0.39, 0.29) is 41.3 Å². The van der Waals surface area contributed by atoms with Crippen LogP contribution >= 0.6 is 0 Å². The second-order valence-corrected chi connectivity index (χ2v) is 9.83. The van der Waals surface area contributed by atoms with Gasteiger partial charge in [-0.1, -0.05) is 19.4 Å². The molecule has 0 amide bonds. The first kappa shape index (κ1) is 26.0. The predicted octanol–water partition coefficient (Wildman–Crippen LogP) is 5.52. The Hall–Kier alpha value is -3.62. The third kappa shape index (κ3) is 4.48. The molecule has 2 saturated heterocycles. The quantitative estimate of drug-likeness (QED) is 0.355. The summed E-state index contributed by atoms with van der Waals surface area (Å²) in [5.41, 5.74) is 3.66.